The standard InChI is InChI=1S/C13H13ClO3/c1-15-11-8-10(6-4-5-7-14)9-12(16-2)13(11)17-3/h5,7-9H,1-3H3/b7-5-. The zero-order chi connectivity index (χ0) is 12.7. The maximum absolute atomic E-state index is 5.38. The molecule has 0 radical (unpaired) electrons. The fourth-order valence-electron chi connectivity index (χ4n) is 1.31. The van der Waals surface area contributed by atoms with Crippen molar-refractivity contribution in [3.8, 4) is 29.1 Å². The topological polar surface area (TPSA) is 27.7 Å². The fraction of sp³-hybridized carbons (Fsp3) is 0.231. The van der Waals surface area contributed by atoms with Crippen LogP contribution in [0, 0.1) is 11.8 Å². The summed E-state index contributed by atoms with van der Waals surface area (Å²) >= 11 is 5.38. The van der Waals surface area contributed by atoms with Crippen LogP contribution in [-0.2, 0) is 0 Å². The predicted molar refractivity (Wildman–Crippen MR) is 68.0 cm³/mol. The van der Waals surface area contributed by atoms with E-state index in [1.165, 1.54) is 5.54 Å². The minimum atomic E-state index is 0.549. The Morgan fingerprint density at radius 3 is 2.06 bits per heavy atom. The van der Waals surface area contributed by atoms with Gasteiger partial charge in [-0.2, -0.15) is 0 Å². The third kappa shape index (κ3) is 3.33. The van der Waals surface area contributed by atoms with Crippen molar-refractivity contribution in [1.29, 1.82) is 0 Å². The highest BCUT2D eigenvalue weighted by atomic mass is 35.5. The quantitative estimate of drug-likeness (QED) is 0.775. The highest BCUT2D eigenvalue weighted by molar-refractivity contribution is 6.25. The summed E-state index contributed by atoms with van der Waals surface area (Å²) in [6.07, 6.45) is 1.55. The Bertz CT molecular complexity index is 444. The zero-order valence-electron chi connectivity index (χ0n) is 9.91. The van der Waals surface area contributed by atoms with Gasteiger partial charge in [-0.15, -0.1) is 0 Å². The Labute approximate surface area is 106 Å². The van der Waals surface area contributed by atoms with Gasteiger partial charge in [0.05, 0.1) is 21.3 Å². The van der Waals surface area contributed by atoms with Crippen LogP contribution in [0.15, 0.2) is 23.7 Å². The van der Waals surface area contributed by atoms with Gasteiger partial charge in [-0.05, 0) is 18.2 Å². The lowest BCUT2D eigenvalue weighted by Gasteiger charge is -2.12. The van der Waals surface area contributed by atoms with E-state index in [-0.39, 0.29) is 0 Å². The first-order chi connectivity index (χ1) is 8.26. The Balaban J connectivity index is 3.23. The molecular formula is C13H13ClO3. The monoisotopic (exact) mass is 252 g/mol. The van der Waals surface area contributed by atoms with Crippen LogP contribution in [-0.4, -0.2) is 21.3 Å². The smallest absolute Gasteiger partial charge is 0.203 e. The van der Waals surface area contributed by atoms with Gasteiger partial charge >= 0.3 is 0 Å². The van der Waals surface area contributed by atoms with Gasteiger partial charge in [0.25, 0.3) is 0 Å². The SMILES string of the molecule is COc1cc(C#C/C=C\Cl)cc(OC)c1OC. The van der Waals surface area contributed by atoms with Crippen molar-refractivity contribution >= 4 is 11.6 Å². The highest BCUT2D eigenvalue weighted by Gasteiger charge is 2.11. The number of rotatable bonds is 3. The minimum Gasteiger partial charge on any atom is -0.493 e. The van der Waals surface area contributed by atoms with Gasteiger partial charge in [-0.1, -0.05) is 23.4 Å². The van der Waals surface area contributed by atoms with Gasteiger partial charge < -0.3 is 14.2 Å². The van der Waals surface area contributed by atoms with Gasteiger partial charge in [0.2, 0.25) is 5.75 Å². The minimum absolute atomic E-state index is 0.549. The molecule has 4 heteroatoms. The Kier molecular flexibility index (Phi) is 5.25. The van der Waals surface area contributed by atoms with Crippen LogP contribution in [0.4, 0.5) is 0 Å². The second-order valence-electron chi connectivity index (χ2n) is 2.98. The molecule has 0 amide bonds. The second-order valence-corrected chi connectivity index (χ2v) is 3.23. The van der Waals surface area contributed by atoms with Crippen LogP contribution in [0.1, 0.15) is 5.56 Å². The second kappa shape index (κ2) is 6.72. The van der Waals surface area contributed by atoms with Gasteiger partial charge in [0, 0.05) is 11.1 Å². The Hall–Kier alpha value is -1.79. The fourth-order valence-corrected chi connectivity index (χ4v) is 1.37. The first kappa shape index (κ1) is 13.3. The van der Waals surface area contributed by atoms with Crippen LogP contribution < -0.4 is 14.2 Å². The van der Waals surface area contributed by atoms with Crippen molar-refractivity contribution in [3.63, 3.8) is 0 Å². The van der Waals surface area contributed by atoms with Crippen LogP contribution >= 0.6 is 11.6 Å². The van der Waals surface area contributed by atoms with Crippen LogP contribution in [0.3, 0.4) is 0 Å². The first-order valence-corrected chi connectivity index (χ1v) is 5.27. The molecule has 0 unspecified atom stereocenters. The normalized spacial score (nSPS) is 9.65. The van der Waals surface area contributed by atoms with Crippen LogP contribution in [0.5, 0.6) is 17.2 Å². The molecular weight excluding hydrogens is 240 g/mol. The van der Waals surface area contributed by atoms with Gasteiger partial charge in [-0.3, -0.25) is 0 Å². The lowest BCUT2D eigenvalue weighted by molar-refractivity contribution is 0.324. The number of benzene rings is 1. The Morgan fingerprint density at radius 1 is 1.06 bits per heavy atom. The summed E-state index contributed by atoms with van der Waals surface area (Å²) in [6.45, 7) is 0. The molecule has 0 aromatic heterocycles. The molecule has 0 aliphatic carbocycles. The van der Waals surface area contributed by atoms with E-state index in [2.05, 4.69) is 11.8 Å². The summed E-state index contributed by atoms with van der Waals surface area (Å²) < 4.78 is 15.6. The van der Waals surface area contributed by atoms with Crippen LogP contribution in [0.2, 0.25) is 0 Å². The van der Waals surface area contributed by atoms with E-state index in [0.29, 0.717) is 17.2 Å². The van der Waals surface area contributed by atoms with Crippen molar-refractivity contribution in [2.75, 3.05) is 21.3 Å². The molecule has 3 nitrogen and oxygen atoms in total. The summed E-state index contributed by atoms with van der Waals surface area (Å²) in [5.41, 5.74) is 2.11. The molecule has 1 aromatic rings. The summed E-state index contributed by atoms with van der Waals surface area (Å²) in [5.74, 6) is 7.39. The average Bonchev–Trinajstić information content (AvgIpc) is 2.37. The predicted octanol–water partition coefficient (Wildman–Crippen LogP) is 2.82. The molecule has 0 saturated carbocycles. The third-order valence-corrected chi connectivity index (χ3v) is 2.15. The van der Waals surface area contributed by atoms with Crippen molar-refractivity contribution in [3.05, 3.63) is 29.3 Å². The Morgan fingerprint density at radius 2 is 1.65 bits per heavy atom. The molecule has 0 N–H and O–H groups in total. The van der Waals surface area contributed by atoms with Crippen molar-refractivity contribution in [2.24, 2.45) is 0 Å². The lowest BCUT2D eigenvalue weighted by Crippen LogP contribution is -1.95. The van der Waals surface area contributed by atoms with E-state index in [1.807, 2.05) is 0 Å². The van der Waals surface area contributed by atoms with Crippen molar-refractivity contribution in [1.82, 2.24) is 0 Å². The summed E-state index contributed by atoms with van der Waals surface area (Å²) in [6, 6.07) is 3.55. The van der Waals surface area contributed by atoms with Gasteiger partial charge in [0.15, 0.2) is 11.5 Å². The molecule has 0 spiro atoms. The molecule has 0 heterocycles. The molecule has 0 saturated heterocycles. The molecule has 1 rings (SSSR count). The summed E-state index contributed by atoms with van der Waals surface area (Å²) in [5, 5.41) is 0. The third-order valence-electron chi connectivity index (χ3n) is 2.03. The average molecular weight is 253 g/mol. The van der Waals surface area contributed by atoms with E-state index in [9.17, 15) is 0 Å². The molecule has 90 valence electrons. The molecule has 0 aliphatic rings. The van der Waals surface area contributed by atoms with Gasteiger partial charge in [-0.25, -0.2) is 0 Å². The number of halogens is 1. The summed E-state index contributed by atoms with van der Waals surface area (Å²) in [4.78, 5) is 0. The number of methoxy groups -OCH3 is 3. The van der Waals surface area contributed by atoms with Gasteiger partial charge in [0.1, 0.15) is 0 Å². The molecule has 0 atom stereocenters. The molecule has 1 aromatic carbocycles. The van der Waals surface area contributed by atoms with Crippen molar-refractivity contribution < 1.29 is 14.2 Å². The van der Waals surface area contributed by atoms with E-state index in [1.54, 1.807) is 39.5 Å². The first-order valence-electron chi connectivity index (χ1n) is 4.83. The number of ether oxygens (including phenoxy) is 3. The van der Waals surface area contributed by atoms with E-state index in [0.717, 1.165) is 5.56 Å². The summed E-state index contributed by atoms with van der Waals surface area (Å²) in [7, 11) is 4.68. The number of hydrogen-bond acceptors (Lipinski definition) is 3. The molecule has 0 bridgehead atoms. The zero-order valence-corrected chi connectivity index (χ0v) is 10.7. The highest BCUT2D eigenvalue weighted by Crippen LogP contribution is 2.37. The largest absolute Gasteiger partial charge is 0.493 e. The van der Waals surface area contributed by atoms with E-state index in [4.69, 9.17) is 25.8 Å². The maximum atomic E-state index is 5.38. The molecule has 0 fully saturated rings. The van der Waals surface area contributed by atoms with E-state index < -0.39 is 0 Å². The maximum Gasteiger partial charge on any atom is 0.203 e. The molecule has 0 aliphatic heterocycles. The lowest BCUT2D eigenvalue weighted by atomic mass is 10.2. The number of hydrogen-bond donors (Lipinski definition) is 0. The van der Waals surface area contributed by atoms with Crippen LogP contribution in [0.25, 0.3) is 0 Å². The molecule has 17 heavy (non-hydrogen) atoms. The van der Waals surface area contributed by atoms with Crippen molar-refractivity contribution in [2.45, 2.75) is 0 Å². The van der Waals surface area contributed by atoms with E-state index >= 15 is 0 Å². The number of allylic oxidation sites excluding steroid dienone is 1.